The van der Waals surface area contributed by atoms with Crippen LogP contribution in [0.5, 0.6) is 0 Å². The van der Waals surface area contributed by atoms with Gasteiger partial charge in [-0.15, -0.1) is 0 Å². The monoisotopic (exact) mass is 558 g/mol. The number of rotatable bonds is 9. The fraction of sp³-hybridized carbons (Fsp3) is 0.655. The number of halogens is 2. The molecule has 1 amide bonds. The van der Waals surface area contributed by atoms with Crippen molar-refractivity contribution in [2.45, 2.75) is 96.8 Å². The Bertz CT molecular complexity index is 1210. The van der Waals surface area contributed by atoms with Crippen LogP contribution in [0.15, 0.2) is 12.1 Å². The van der Waals surface area contributed by atoms with Crippen LogP contribution in [0.4, 0.5) is 20.3 Å². The lowest BCUT2D eigenvalue weighted by Crippen LogP contribution is -2.41. The van der Waals surface area contributed by atoms with E-state index in [0.717, 1.165) is 60.4 Å². The number of aryl methyl sites for hydroxylation is 1. The Balaban J connectivity index is 1.58. The Kier molecular flexibility index (Phi) is 8.28. The highest BCUT2D eigenvalue weighted by Gasteiger charge is 2.52. The third-order valence-electron chi connectivity index (χ3n) is 8.98. The van der Waals surface area contributed by atoms with Crippen LogP contribution >= 0.6 is 0 Å². The summed E-state index contributed by atoms with van der Waals surface area (Å²) in [7, 11) is -0.856. The fourth-order valence-corrected chi connectivity index (χ4v) is 6.07. The van der Waals surface area contributed by atoms with Gasteiger partial charge in [0.2, 0.25) is 6.41 Å². The van der Waals surface area contributed by atoms with E-state index in [4.69, 9.17) is 19.1 Å². The Morgan fingerprint density at radius 2 is 1.88 bits per heavy atom. The van der Waals surface area contributed by atoms with E-state index >= 15 is 0 Å². The number of aromatic nitrogens is 2. The minimum absolute atomic E-state index is 0.0681. The summed E-state index contributed by atoms with van der Waals surface area (Å²) in [5.41, 5.74) is 3.04. The molecule has 11 heteroatoms. The first-order valence-electron chi connectivity index (χ1n) is 14.5. The first-order chi connectivity index (χ1) is 19.1. The van der Waals surface area contributed by atoms with Crippen molar-refractivity contribution in [3.63, 3.8) is 0 Å². The largest absolute Gasteiger partial charge is 0.495 e. The molecule has 0 radical (unpaired) electrons. The molecule has 0 aliphatic carbocycles. The number of nitrogens with zero attached hydrogens (tertiary/aromatic N) is 3. The molecule has 1 aromatic heterocycles. The van der Waals surface area contributed by atoms with Gasteiger partial charge in [0.15, 0.2) is 5.82 Å². The van der Waals surface area contributed by atoms with E-state index in [9.17, 15) is 13.6 Å². The summed E-state index contributed by atoms with van der Waals surface area (Å²) in [5, 5.41) is 7.93. The van der Waals surface area contributed by atoms with E-state index in [1.54, 1.807) is 6.07 Å². The molecule has 40 heavy (non-hydrogen) atoms. The van der Waals surface area contributed by atoms with Crippen LogP contribution < -0.4 is 15.7 Å². The van der Waals surface area contributed by atoms with E-state index in [2.05, 4.69) is 21.8 Å². The Morgan fingerprint density at radius 1 is 1.18 bits per heavy atom. The third-order valence-corrected chi connectivity index (χ3v) is 8.98. The number of fused-ring (bicyclic) bond motifs is 1. The van der Waals surface area contributed by atoms with Gasteiger partial charge in [-0.3, -0.25) is 9.48 Å². The van der Waals surface area contributed by atoms with Gasteiger partial charge in [-0.25, -0.2) is 8.78 Å². The minimum Gasteiger partial charge on any atom is -0.399 e. The molecule has 1 N–H and O–H groups in total. The van der Waals surface area contributed by atoms with E-state index in [1.807, 2.05) is 33.8 Å². The van der Waals surface area contributed by atoms with Gasteiger partial charge >= 0.3 is 7.12 Å². The van der Waals surface area contributed by atoms with Crippen molar-refractivity contribution in [2.75, 3.05) is 31.2 Å². The lowest BCUT2D eigenvalue weighted by atomic mass is 9.74. The van der Waals surface area contributed by atoms with Crippen molar-refractivity contribution in [1.82, 2.24) is 15.1 Å². The molecule has 2 fully saturated rings. The molecule has 0 saturated carbocycles. The topological polar surface area (TPSA) is 77.8 Å². The molecule has 5 rings (SSSR count). The number of carbonyl (C=O) groups is 1. The van der Waals surface area contributed by atoms with Gasteiger partial charge in [0.1, 0.15) is 0 Å². The summed E-state index contributed by atoms with van der Waals surface area (Å²) >= 11 is 0. The first-order valence-corrected chi connectivity index (χ1v) is 14.5. The number of benzene rings is 1. The van der Waals surface area contributed by atoms with Gasteiger partial charge in [0.05, 0.1) is 17.2 Å². The lowest BCUT2D eigenvalue weighted by molar-refractivity contribution is -0.109. The van der Waals surface area contributed by atoms with Crippen LogP contribution in [-0.4, -0.2) is 60.8 Å². The highest BCUT2D eigenvalue weighted by Crippen LogP contribution is 2.41. The average Bonchev–Trinajstić information content (AvgIpc) is 3.40. The van der Waals surface area contributed by atoms with Crippen molar-refractivity contribution in [3.8, 4) is 0 Å². The zero-order chi connectivity index (χ0) is 28.7. The second-order valence-electron chi connectivity index (χ2n) is 12.0. The number of anilines is 2. The maximum atomic E-state index is 14.6. The molecule has 0 spiro atoms. The van der Waals surface area contributed by atoms with Crippen LogP contribution in [-0.2, 0) is 38.1 Å². The van der Waals surface area contributed by atoms with E-state index < -0.39 is 24.7 Å². The van der Waals surface area contributed by atoms with Crippen molar-refractivity contribution in [1.29, 1.82) is 0 Å². The Morgan fingerprint density at radius 3 is 2.50 bits per heavy atom. The summed E-state index contributed by atoms with van der Waals surface area (Å²) in [4.78, 5) is 13.1. The SMILES string of the molecule is CCc1c(N2CCCc3cc(B4OC(C)(C)C(C)(C)O4)c(C(F)F)cc32)nn(C2CCOCC2)c1CCNC=O. The molecule has 4 heterocycles. The lowest BCUT2D eigenvalue weighted by Gasteiger charge is -2.32. The molecule has 2 saturated heterocycles. The number of ether oxygens (including phenoxy) is 1. The Labute approximate surface area is 235 Å². The highest BCUT2D eigenvalue weighted by atomic mass is 19.3. The van der Waals surface area contributed by atoms with Crippen molar-refractivity contribution >= 4 is 30.5 Å². The first kappa shape index (κ1) is 29.0. The Hall–Kier alpha value is -2.50. The quantitative estimate of drug-likeness (QED) is 0.279. The normalized spacial score (nSPS) is 20.7. The summed E-state index contributed by atoms with van der Waals surface area (Å²) in [6, 6.07) is 3.69. The number of amides is 1. The molecular weight excluding hydrogens is 517 g/mol. The predicted octanol–water partition coefficient (Wildman–Crippen LogP) is 4.41. The molecule has 2 aromatic rings. The van der Waals surface area contributed by atoms with Gasteiger partial charge < -0.3 is 24.3 Å². The molecule has 0 atom stereocenters. The maximum absolute atomic E-state index is 14.6. The van der Waals surface area contributed by atoms with E-state index in [-0.39, 0.29) is 11.6 Å². The van der Waals surface area contributed by atoms with Crippen molar-refractivity contribution in [3.05, 3.63) is 34.5 Å². The van der Waals surface area contributed by atoms with E-state index in [0.29, 0.717) is 44.6 Å². The highest BCUT2D eigenvalue weighted by molar-refractivity contribution is 6.62. The second kappa shape index (κ2) is 11.4. The predicted molar refractivity (Wildman–Crippen MR) is 151 cm³/mol. The van der Waals surface area contributed by atoms with Crippen LogP contribution in [0, 0.1) is 0 Å². The van der Waals surface area contributed by atoms with Crippen LogP contribution in [0.2, 0.25) is 0 Å². The number of carbonyl (C=O) groups excluding carboxylic acids is 1. The van der Waals surface area contributed by atoms with Gasteiger partial charge in [-0.2, -0.15) is 5.10 Å². The summed E-state index contributed by atoms with van der Waals surface area (Å²) in [6.45, 7) is 12.4. The molecule has 8 nitrogen and oxygen atoms in total. The summed E-state index contributed by atoms with van der Waals surface area (Å²) in [5.74, 6) is 0.819. The smallest absolute Gasteiger partial charge is 0.399 e. The number of hydrogen-bond donors (Lipinski definition) is 1. The maximum Gasteiger partial charge on any atom is 0.495 e. The van der Waals surface area contributed by atoms with Gasteiger partial charge in [0.25, 0.3) is 6.43 Å². The number of nitrogens with one attached hydrogen (secondary N) is 1. The minimum atomic E-state index is -2.68. The second-order valence-corrected chi connectivity index (χ2v) is 12.0. The van der Waals surface area contributed by atoms with Crippen LogP contribution in [0.3, 0.4) is 0 Å². The van der Waals surface area contributed by atoms with Gasteiger partial charge in [-0.1, -0.05) is 13.0 Å². The van der Waals surface area contributed by atoms with Crippen molar-refractivity contribution < 1.29 is 27.6 Å². The summed E-state index contributed by atoms with van der Waals surface area (Å²) in [6.07, 6.45) is 2.80. The van der Waals surface area contributed by atoms with Crippen LogP contribution in [0.1, 0.15) is 88.7 Å². The fourth-order valence-electron chi connectivity index (χ4n) is 6.07. The molecular formula is C29H41BF2N4O4. The summed E-state index contributed by atoms with van der Waals surface area (Å²) < 4.78 is 49.3. The number of alkyl halides is 2. The van der Waals surface area contributed by atoms with Gasteiger partial charge in [-0.05, 0) is 76.9 Å². The molecule has 3 aliphatic heterocycles. The molecule has 1 aromatic carbocycles. The molecule has 218 valence electrons. The van der Waals surface area contributed by atoms with E-state index in [1.165, 1.54) is 0 Å². The van der Waals surface area contributed by atoms with Crippen LogP contribution in [0.25, 0.3) is 0 Å². The molecule has 0 bridgehead atoms. The third kappa shape index (κ3) is 5.28. The molecule has 3 aliphatic rings. The zero-order valence-electron chi connectivity index (χ0n) is 24.3. The van der Waals surface area contributed by atoms with Crippen molar-refractivity contribution in [2.24, 2.45) is 0 Å². The standard InChI is InChI=1S/C29H41BF2N4O4/c1-6-21-24(9-12-33-18-37)36(20-10-14-38-15-11-20)34-27(21)35-13-7-8-19-16-23(22(26(31)32)17-25(19)35)30-39-28(2,3)29(4,5)40-30/h16-18,20,26H,6-15H2,1-5H3,(H,33,37). The van der Waals surface area contributed by atoms with Gasteiger partial charge in [0, 0.05) is 55.2 Å². The molecule has 0 unspecified atom stereocenters. The zero-order valence-corrected chi connectivity index (χ0v) is 24.3. The average molecular weight is 558 g/mol. The number of hydrogen-bond acceptors (Lipinski definition) is 6.